The second-order valence-electron chi connectivity index (χ2n) is 14.8. The fourth-order valence-electron chi connectivity index (χ4n) is 9.67. The Labute approximate surface area is 329 Å². The van der Waals surface area contributed by atoms with Gasteiger partial charge in [-0.05, 0) is 104 Å². The number of fused-ring (bicyclic) bond motifs is 14. The molecular formula is C53H33NOS. The van der Waals surface area contributed by atoms with E-state index in [9.17, 15) is 0 Å². The van der Waals surface area contributed by atoms with Crippen molar-refractivity contribution in [2.24, 2.45) is 0 Å². The molecule has 1 aliphatic heterocycles. The first-order valence-electron chi connectivity index (χ1n) is 19.2. The highest BCUT2D eigenvalue weighted by atomic mass is 32.2. The zero-order valence-corrected chi connectivity index (χ0v) is 31.1. The molecular weight excluding hydrogens is 699 g/mol. The summed E-state index contributed by atoms with van der Waals surface area (Å²) < 4.78 is 6.57. The number of hydrogen-bond acceptors (Lipinski definition) is 3. The van der Waals surface area contributed by atoms with Gasteiger partial charge in [0.2, 0.25) is 0 Å². The van der Waals surface area contributed by atoms with E-state index < -0.39 is 5.41 Å². The number of benzene rings is 9. The molecule has 10 aromatic rings. The molecule has 262 valence electrons. The van der Waals surface area contributed by atoms with E-state index in [0.717, 1.165) is 39.0 Å². The molecule has 0 saturated carbocycles. The van der Waals surface area contributed by atoms with Gasteiger partial charge in [0.15, 0.2) is 5.58 Å². The maximum atomic E-state index is 6.57. The highest BCUT2D eigenvalue weighted by Crippen LogP contribution is 2.64. The topological polar surface area (TPSA) is 16.4 Å². The molecule has 2 nitrogen and oxygen atoms in total. The first-order chi connectivity index (χ1) is 27.8. The molecule has 0 amide bonds. The van der Waals surface area contributed by atoms with Crippen LogP contribution in [0.25, 0.3) is 55.0 Å². The Morgan fingerprint density at radius 1 is 0.429 bits per heavy atom. The summed E-state index contributed by atoms with van der Waals surface area (Å²) in [5, 5.41) is 4.81. The van der Waals surface area contributed by atoms with Crippen molar-refractivity contribution in [2.45, 2.75) is 15.2 Å². The normalized spacial score (nSPS) is 15.1. The number of para-hydroxylation sites is 3. The highest BCUT2D eigenvalue weighted by Gasteiger charge is 2.51. The summed E-state index contributed by atoms with van der Waals surface area (Å²) in [4.78, 5) is 4.95. The Morgan fingerprint density at radius 3 is 1.98 bits per heavy atom. The van der Waals surface area contributed by atoms with Crippen LogP contribution >= 0.6 is 11.8 Å². The van der Waals surface area contributed by atoms with Gasteiger partial charge in [-0.15, -0.1) is 0 Å². The lowest BCUT2D eigenvalue weighted by molar-refractivity contribution is 0.669. The van der Waals surface area contributed by atoms with E-state index in [4.69, 9.17) is 4.42 Å². The van der Waals surface area contributed by atoms with Crippen molar-refractivity contribution in [3.05, 3.63) is 222 Å². The van der Waals surface area contributed by atoms with Gasteiger partial charge in [0.05, 0.1) is 11.1 Å². The van der Waals surface area contributed by atoms with Crippen molar-refractivity contribution in [2.75, 3.05) is 4.90 Å². The number of rotatable bonds is 4. The van der Waals surface area contributed by atoms with Gasteiger partial charge in [-0.25, -0.2) is 0 Å². The summed E-state index contributed by atoms with van der Waals surface area (Å²) >= 11 is 1.90. The lowest BCUT2D eigenvalue weighted by atomic mass is 9.66. The summed E-state index contributed by atoms with van der Waals surface area (Å²) in [7, 11) is 0. The predicted octanol–water partition coefficient (Wildman–Crippen LogP) is 14.7. The summed E-state index contributed by atoms with van der Waals surface area (Å²) in [6.45, 7) is 0. The predicted molar refractivity (Wildman–Crippen MR) is 233 cm³/mol. The molecule has 0 bridgehead atoms. The zero-order chi connectivity index (χ0) is 36.8. The van der Waals surface area contributed by atoms with Crippen molar-refractivity contribution in [1.29, 1.82) is 0 Å². The quantitative estimate of drug-likeness (QED) is 0.179. The fourth-order valence-corrected chi connectivity index (χ4v) is 10.9. The van der Waals surface area contributed by atoms with Gasteiger partial charge in [-0.1, -0.05) is 163 Å². The smallest absolute Gasteiger partial charge is 0.159 e. The second-order valence-corrected chi connectivity index (χ2v) is 15.8. The highest BCUT2D eigenvalue weighted by molar-refractivity contribution is 7.99. The monoisotopic (exact) mass is 731 g/mol. The van der Waals surface area contributed by atoms with Crippen molar-refractivity contribution in [3.8, 4) is 22.3 Å². The first kappa shape index (κ1) is 31.5. The van der Waals surface area contributed by atoms with Gasteiger partial charge >= 0.3 is 0 Å². The number of nitrogens with zero attached hydrogens (tertiary/aromatic N) is 1. The van der Waals surface area contributed by atoms with Gasteiger partial charge in [-0.3, -0.25) is 0 Å². The van der Waals surface area contributed by atoms with Crippen LogP contribution in [-0.4, -0.2) is 0 Å². The molecule has 2 aliphatic rings. The molecule has 1 unspecified atom stereocenters. The van der Waals surface area contributed by atoms with Crippen LogP contribution in [-0.2, 0) is 5.41 Å². The summed E-state index contributed by atoms with van der Waals surface area (Å²) in [6.07, 6.45) is 0. The third kappa shape index (κ3) is 4.35. The fraction of sp³-hybridized carbons (Fsp3) is 0.0189. The van der Waals surface area contributed by atoms with Gasteiger partial charge in [0.1, 0.15) is 5.58 Å². The lowest BCUT2D eigenvalue weighted by Crippen LogP contribution is -2.32. The summed E-state index contributed by atoms with van der Waals surface area (Å²) in [6, 6.07) is 73.1. The largest absolute Gasteiger partial charge is 0.454 e. The zero-order valence-electron chi connectivity index (χ0n) is 30.3. The first-order valence-corrected chi connectivity index (χ1v) is 20.0. The molecule has 2 heterocycles. The molecule has 1 spiro atoms. The second kappa shape index (κ2) is 12.1. The van der Waals surface area contributed by atoms with Crippen LogP contribution in [0, 0.1) is 0 Å². The maximum Gasteiger partial charge on any atom is 0.159 e. The molecule has 12 rings (SSSR count). The summed E-state index contributed by atoms with van der Waals surface area (Å²) in [5.41, 5.74) is 14.9. The Kier molecular flexibility index (Phi) is 6.81. The average molecular weight is 732 g/mol. The van der Waals surface area contributed by atoms with Crippen molar-refractivity contribution >= 4 is 61.5 Å². The van der Waals surface area contributed by atoms with Crippen LogP contribution < -0.4 is 4.90 Å². The van der Waals surface area contributed by atoms with Gasteiger partial charge in [0, 0.05) is 31.9 Å². The van der Waals surface area contributed by atoms with Gasteiger partial charge < -0.3 is 9.32 Å². The Hall–Kier alpha value is -6.81. The standard InChI is InChI=1S/C53H33NOS/c1-2-15-36(16-3-1)54(46-25-13-21-41-40-18-7-10-26-47(40)55-52(41)46)37-31-28-35(29-32-37)38-20-12-24-45-50(38)42-19-6-8-22-43(42)53(45)44-23-9-11-27-48(44)56-49-33-30-34-14-4-5-17-39(34)51(49)53/h1-33H. The van der Waals surface area contributed by atoms with E-state index in [1.807, 2.05) is 23.9 Å². The van der Waals surface area contributed by atoms with Crippen molar-refractivity contribution in [3.63, 3.8) is 0 Å². The van der Waals surface area contributed by atoms with E-state index in [2.05, 4.69) is 193 Å². The Balaban J connectivity index is 1.07. The molecule has 0 radical (unpaired) electrons. The molecule has 1 aliphatic carbocycles. The van der Waals surface area contributed by atoms with Crippen LogP contribution in [0.5, 0.6) is 0 Å². The van der Waals surface area contributed by atoms with E-state index >= 15 is 0 Å². The molecule has 9 aromatic carbocycles. The van der Waals surface area contributed by atoms with Crippen LogP contribution in [0.2, 0.25) is 0 Å². The van der Waals surface area contributed by atoms with E-state index in [-0.39, 0.29) is 0 Å². The summed E-state index contributed by atoms with van der Waals surface area (Å²) in [5.74, 6) is 0. The lowest BCUT2D eigenvalue weighted by Gasteiger charge is -2.40. The molecule has 56 heavy (non-hydrogen) atoms. The molecule has 1 aromatic heterocycles. The van der Waals surface area contributed by atoms with Crippen LogP contribution in [0.1, 0.15) is 22.3 Å². The average Bonchev–Trinajstić information content (AvgIpc) is 3.79. The minimum Gasteiger partial charge on any atom is -0.454 e. The van der Waals surface area contributed by atoms with E-state index in [1.54, 1.807) is 0 Å². The van der Waals surface area contributed by atoms with E-state index in [1.165, 1.54) is 65.1 Å². The maximum absolute atomic E-state index is 6.57. The molecule has 0 fully saturated rings. The van der Waals surface area contributed by atoms with Gasteiger partial charge in [-0.2, -0.15) is 0 Å². The number of furan rings is 1. The molecule has 1 atom stereocenters. The van der Waals surface area contributed by atoms with Crippen LogP contribution in [0.3, 0.4) is 0 Å². The molecule has 0 saturated heterocycles. The SMILES string of the molecule is c1ccc(N(c2ccc(-c3cccc4c3-c3ccccc3C43c4ccccc4Sc4ccc5ccccc5c43)cc2)c2cccc3c2oc2ccccc23)cc1. The van der Waals surface area contributed by atoms with E-state index in [0.29, 0.717) is 0 Å². The van der Waals surface area contributed by atoms with Gasteiger partial charge in [0.25, 0.3) is 0 Å². The molecule has 0 N–H and O–H groups in total. The molecule has 3 heteroatoms. The van der Waals surface area contributed by atoms with Crippen molar-refractivity contribution < 1.29 is 4.42 Å². The Morgan fingerprint density at radius 2 is 1.09 bits per heavy atom. The third-order valence-electron chi connectivity index (χ3n) is 11.9. The Bertz CT molecular complexity index is 3180. The van der Waals surface area contributed by atoms with Crippen molar-refractivity contribution in [1.82, 2.24) is 0 Å². The minimum absolute atomic E-state index is 0.463. The van der Waals surface area contributed by atoms with Crippen LogP contribution in [0.15, 0.2) is 214 Å². The number of anilines is 3. The minimum atomic E-state index is -0.463. The third-order valence-corrected chi connectivity index (χ3v) is 13.1. The van der Waals surface area contributed by atoms with Crippen LogP contribution in [0.4, 0.5) is 17.1 Å². The number of hydrogen-bond donors (Lipinski definition) is 0.